The second kappa shape index (κ2) is 17.1. The van der Waals surface area contributed by atoms with Gasteiger partial charge in [0.2, 0.25) is 0 Å². The first-order chi connectivity index (χ1) is 29.7. The summed E-state index contributed by atoms with van der Waals surface area (Å²) in [6.45, 7) is 9.57. The van der Waals surface area contributed by atoms with Gasteiger partial charge >= 0.3 is 11.9 Å². The molecule has 0 aromatic carbocycles. The average molecular weight is 855 g/mol. The van der Waals surface area contributed by atoms with Gasteiger partial charge in [-0.25, -0.2) is 9.59 Å². The summed E-state index contributed by atoms with van der Waals surface area (Å²) in [6.07, 6.45) is 9.93. The Hall–Kier alpha value is -4.14. The van der Waals surface area contributed by atoms with E-state index in [0.717, 1.165) is 50.7 Å². The summed E-state index contributed by atoms with van der Waals surface area (Å²) < 4.78 is 12.8. The smallest absolute Gasteiger partial charge is 0.331 e. The van der Waals surface area contributed by atoms with E-state index in [1.54, 1.807) is 0 Å². The molecule has 62 heavy (non-hydrogen) atoms. The quantitative estimate of drug-likeness (QED) is 0.112. The van der Waals surface area contributed by atoms with Crippen LogP contribution in [0.3, 0.4) is 0 Å². The highest BCUT2D eigenvalue weighted by atomic mass is 16.6. The predicted molar refractivity (Wildman–Crippen MR) is 227 cm³/mol. The van der Waals surface area contributed by atoms with E-state index in [1.807, 2.05) is 0 Å². The number of nitrogens with two attached hydrogens (primary N) is 2. The molecule has 8 aliphatic rings. The molecule has 8 rings (SSSR count). The van der Waals surface area contributed by atoms with Gasteiger partial charge in [-0.1, -0.05) is 38.0 Å². The largest absolute Gasteiger partial charge is 0.458 e. The zero-order valence-corrected chi connectivity index (χ0v) is 37.0. The van der Waals surface area contributed by atoms with E-state index in [4.69, 9.17) is 30.6 Å². The molecule has 0 aliphatic heterocycles. The highest BCUT2D eigenvalue weighted by molar-refractivity contribution is 5.93. The molecule has 0 amide bonds. The molecule has 0 spiro atoms. The van der Waals surface area contributed by atoms with E-state index in [9.17, 15) is 29.7 Å². The van der Waals surface area contributed by atoms with Crippen molar-refractivity contribution in [3.05, 3.63) is 12.2 Å². The number of nitrogens with zero attached hydrogens (tertiary/aromatic N) is 4. The minimum atomic E-state index is -0.701. The van der Waals surface area contributed by atoms with Crippen molar-refractivity contribution in [2.75, 3.05) is 26.3 Å². The van der Waals surface area contributed by atoms with Gasteiger partial charge < -0.3 is 30.6 Å². The SMILES string of the molecule is C[C@]12C(OC(=O)/C=C/C(=O)OC3CC(=NOCCN)CC4C(C#N)C[C@@H]5[C@@H](CC[C@]6(C)C(=O)CC[C@@H]56)[C@@]34C)CC(=NOCCN)CC1C(C#N)C[C@@H]1[C@H]2CC[C@]2(C)C(=O)CC[C@@H]12. The molecule has 0 saturated heterocycles. The fourth-order valence-corrected chi connectivity index (χ4v) is 15.5. The number of esters is 2. The van der Waals surface area contributed by atoms with Crippen LogP contribution in [0.5, 0.6) is 0 Å². The van der Waals surface area contributed by atoms with Crippen LogP contribution in [0.4, 0.5) is 0 Å². The third-order valence-electron chi connectivity index (χ3n) is 18.7. The van der Waals surface area contributed by atoms with Crippen LogP contribution < -0.4 is 11.5 Å². The maximum absolute atomic E-state index is 14.0. The Bertz CT molecular complexity index is 1850. The Morgan fingerprint density at radius 1 is 0.645 bits per heavy atom. The van der Waals surface area contributed by atoms with Gasteiger partial charge in [0, 0.05) is 72.6 Å². The summed E-state index contributed by atoms with van der Waals surface area (Å²) in [7, 11) is 0. The van der Waals surface area contributed by atoms with Gasteiger partial charge in [0.15, 0.2) is 0 Å². The number of nitriles is 2. The number of carbonyl (C=O) groups excluding carboxylic acids is 4. The van der Waals surface area contributed by atoms with Gasteiger partial charge in [-0.3, -0.25) is 9.59 Å². The molecular formula is C48H66N6O8. The topological polar surface area (TPSA) is 230 Å². The van der Waals surface area contributed by atoms with Gasteiger partial charge in [0.1, 0.15) is 37.0 Å². The number of rotatable bonds is 10. The second-order valence-electron chi connectivity index (χ2n) is 21.0. The summed E-state index contributed by atoms with van der Waals surface area (Å²) in [5.74, 6) is -0.832. The lowest BCUT2D eigenvalue weighted by Gasteiger charge is -2.62. The van der Waals surface area contributed by atoms with Crippen molar-refractivity contribution >= 4 is 34.9 Å². The van der Waals surface area contributed by atoms with Crippen molar-refractivity contribution in [1.82, 2.24) is 0 Å². The van der Waals surface area contributed by atoms with Gasteiger partial charge in [0.05, 0.1) is 35.4 Å². The van der Waals surface area contributed by atoms with E-state index in [1.165, 1.54) is 0 Å². The molecule has 0 radical (unpaired) electrons. The molecule has 0 aromatic rings. The van der Waals surface area contributed by atoms with E-state index >= 15 is 0 Å². The van der Waals surface area contributed by atoms with Crippen molar-refractivity contribution in [3.8, 4) is 12.1 Å². The van der Waals surface area contributed by atoms with Crippen molar-refractivity contribution in [2.45, 2.75) is 130 Å². The first-order valence-corrected chi connectivity index (χ1v) is 23.4. The molecule has 14 nitrogen and oxygen atoms in total. The van der Waals surface area contributed by atoms with Crippen molar-refractivity contribution < 1.29 is 38.3 Å². The summed E-state index contributed by atoms with van der Waals surface area (Å²) in [5.41, 5.74) is 10.8. The van der Waals surface area contributed by atoms with Crippen LogP contribution in [0.1, 0.15) is 118 Å². The van der Waals surface area contributed by atoms with Crippen molar-refractivity contribution in [1.29, 1.82) is 10.5 Å². The zero-order chi connectivity index (χ0) is 44.2. The summed E-state index contributed by atoms with van der Waals surface area (Å²) in [5, 5.41) is 30.1. The molecule has 336 valence electrons. The summed E-state index contributed by atoms with van der Waals surface area (Å²) in [4.78, 5) is 65.4. The van der Waals surface area contributed by atoms with Crippen molar-refractivity contribution in [3.63, 3.8) is 0 Å². The lowest BCUT2D eigenvalue weighted by atomic mass is 9.42. The minimum absolute atomic E-state index is 0.126. The Morgan fingerprint density at radius 2 is 1.05 bits per heavy atom. The number of fused-ring (bicyclic) bond motifs is 10. The highest BCUT2D eigenvalue weighted by Crippen LogP contribution is 2.68. The number of oxime groups is 2. The summed E-state index contributed by atoms with van der Waals surface area (Å²) in [6, 6.07) is 5.23. The van der Waals surface area contributed by atoms with Crippen LogP contribution in [0, 0.1) is 104 Å². The Morgan fingerprint density at radius 3 is 1.42 bits per heavy atom. The maximum atomic E-state index is 14.0. The van der Waals surface area contributed by atoms with E-state index in [2.05, 4.69) is 50.1 Å². The summed E-state index contributed by atoms with van der Waals surface area (Å²) >= 11 is 0. The predicted octanol–water partition coefficient (Wildman–Crippen LogP) is 5.97. The molecule has 0 aromatic heterocycles. The molecule has 6 unspecified atom stereocenters. The third kappa shape index (κ3) is 7.19. The standard InChI is InChI=1S/C48H66N6O8/c1-45-13-11-35-31(33(45)5-7-39(45)55)19-27(25-51)37-21-29(53-59-17-15-49)23-41(47(35,37)3)61-43(57)9-10-44(58)62-42-24-30(54-60-18-16-50)22-38-28(26-52)20-32-34-6-8-40(56)46(34,2)14-12-36(32)48(38,42)4/h9-10,27-28,31-38,41-42H,5-8,11-24,49-50H2,1-4H3/b10-9+,53-29?,54-30?/t27?,28?,31-,32-,33-,34-,35+,36+,37?,38?,41?,42?,45-,46-,47+,48+/m0/s1. The van der Waals surface area contributed by atoms with Crippen molar-refractivity contribution in [2.24, 2.45) is 103 Å². The van der Waals surface area contributed by atoms with E-state index in [-0.39, 0.29) is 72.4 Å². The van der Waals surface area contributed by atoms with Crippen LogP contribution in [0.15, 0.2) is 22.5 Å². The lowest BCUT2D eigenvalue weighted by molar-refractivity contribution is -0.185. The third-order valence-corrected chi connectivity index (χ3v) is 18.7. The number of carbonyl (C=O) groups is 4. The molecule has 16 atom stereocenters. The number of hydrogen-bond donors (Lipinski definition) is 2. The van der Waals surface area contributed by atoms with Crippen LogP contribution in [-0.2, 0) is 38.3 Å². The lowest BCUT2D eigenvalue weighted by Crippen LogP contribution is -2.61. The normalized spacial score (nSPS) is 45.7. The van der Waals surface area contributed by atoms with Crippen LogP contribution in [0.25, 0.3) is 0 Å². The number of Topliss-reactive ketones (excluding diaryl/α,β-unsaturated/α-hetero) is 2. The molecule has 4 N–H and O–H groups in total. The Kier molecular flexibility index (Phi) is 12.3. The molecule has 8 saturated carbocycles. The second-order valence-corrected chi connectivity index (χ2v) is 21.0. The molecule has 8 fully saturated rings. The Balaban J connectivity index is 1.05. The highest BCUT2D eigenvalue weighted by Gasteiger charge is 2.67. The Labute approximate surface area is 365 Å². The number of hydrogen-bond acceptors (Lipinski definition) is 14. The van der Waals surface area contributed by atoms with Crippen LogP contribution in [0.2, 0.25) is 0 Å². The molecular weight excluding hydrogens is 789 g/mol. The van der Waals surface area contributed by atoms with Gasteiger partial charge in [-0.2, -0.15) is 10.5 Å². The monoisotopic (exact) mass is 854 g/mol. The molecule has 0 bridgehead atoms. The molecule has 14 heteroatoms. The van der Waals surface area contributed by atoms with E-state index in [0.29, 0.717) is 87.4 Å². The van der Waals surface area contributed by atoms with Gasteiger partial charge in [0.25, 0.3) is 0 Å². The molecule has 0 heterocycles. The van der Waals surface area contributed by atoms with Crippen LogP contribution in [-0.4, -0.2) is 73.4 Å². The number of ketones is 2. The van der Waals surface area contributed by atoms with E-state index < -0.39 is 45.8 Å². The fourth-order valence-electron chi connectivity index (χ4n) is 15.5. The minimum Gasteiger partial charge on any atom is -0.458 e. The van der Waals surface area contributed by atoms with Gasteiger partial charge in [-0.05, 0) is 112 Å². The maximum Gasteiger partial charge on any atom is 0.331 e. The number of ether oxygens (including phenoxy) is 2. The zero-order valence-electron chi connectivity index (χ0n) is 37.0. The fraction of sp³-hybridized carbons (Fsp3) is 0.792. The van der Waals surface area contributed by atoms with Gasteiger partial charge in [-0.15, -0.1) is 0 Å². The van der Waals surface area contributed by atoms with Crippen LogP contribution >= 0.6 is 0 Å². The first kappa shape index (κ1) is 44.5. The molecule has 8 aliphatic carbocycles. The average Bonchev–Trinajstić information content (AvgIpc) is 3.73. The first-order valence-electron chi connectivity index (χ1n) is 23.4.